The first kappa shape index (κ1) is 15.4. The van der Waals surface area contributed by atoms with E-state index in [1.165, 1.54) is 11.0 Å². The molecule has 0 radical (unpaired) electrons. The molecule has 106 valence electrons. The zero-order valence-corrected chi connectivity index (χ0v) is 11.4. The number of halogens is 1. The number of anilines is 1. The fourth-order valence-electron chi connectivity index (χ4n) is 1.78. The zero-order chi connectivity index (χ0) is 14.3. The van der Waals surface area contributed by atoms with Crippen LogP contribution >= 0.6 is 0 Å². The van der Waals surface area contributed by atoms with Crippen LogP contribution in [0.15, 0.2) is 18.2 Å². The molecule has 0 saturated heterocycles. The van der Waals surface area contributed by atoms with Crippen LogP contribution in [0.1, 0.15) is 25.3 Å². The van der Waals surface area contributed by atoms with Crippen molar-refractivity contribution in [3.05, 3.63) is 29.6 Å². The molecule has 0 aliphatic rings. The normalized spacial score (nSPS) is 10.5. The van der Waals surface area contributed by atoms with Gasteiger partial charge in [0.25, 0.3) is 0 Å². The van der Waals surface area contributed by atoms with Crippen LogP contribution in [0, 0.1) is 5.82 Å². The number of nitrogens with one attached hydrogen (secondary N) is 1. The SMILES string of the molecule is CCCCNCc1ccc(F)c(N(C)CC(=O)O)c1. The van der Waals surface area contributed by atoms with Gasteiger partial charge in [-0.2, -0.15) is 0 Å². The Kier molecular flexibility index (Phi) is 6.29. The van der Waals surface area contributed by atoms with E-state index in [0.29, 0.717) is 12.2 Å². The van der Waals surface area contributed by atoms with E-state index in [0.717, 1.165) is 24.9 Å². The number of carbonyl (C=O) groups is 1. The second kappa shape index (κ2) is 7.74. The maximum atomic E-state index is 13.7. The third-order valence-corrected chi connectivity index (χ3v) is 2.83. The van der Waals surface area contributed by atoms with Gasteiger partial charge in [0.05, 0.1) is 5.69 Å². The fourth-order valence-corrected chi connectivity index (χ4v) is 1.78. The molecule has 1 aromatic carbocycles. The molecule has 1 aromatic rings. The Bertz CT molecular complexity index is 424. The van der Waals surface area contributed by atoms with Gasteiger partial charge < -0.3 is 15.3 Å². The minimum absolute atomic E-state index is 0.219. The van der Waals surface area contributed by atoms with E-state index >= 15 is 0 Å². The van der Waals surface area contributed by atoms with Crippen molar-refractivity contribution in [2.45, 2.75) is 26.3 Å². The molecule has 1 rings (SSSR count). The summed E-state index contributed by atoms with van der Waals surface area (Å²) in [6.07, 6.45) is 2.23. The highest BCUT2D eigenvalue weighted by Crippen LogP contribution is 2.19. The zero-order valence-electron chi connectivity index (χ0n) is 11.4. The van der Waals surface area contributed by atoms with Crippen LogP contribution < -0.4 is 10.2 Å². The number of aliphatic carboxylic acids is 1. The summed E-state index contributed by atoms with van der Waals surface area (Å²) >= 11 is 0. The Labute approximate surface area is 113 Å². The van der Waals surface area contributed by atoms with E-state index in [2.05, 4.69) is 12.2 Å². The molecule has 2 N–H and O–H groups in total. The first-order valence-electron chi connectivity index (χ1n) is 6.46. The van der Waals surface area contributed by atoms with Crippen molar-refractivity contribution in [3.8, 4) is 0 Å². The van der Waals surface area contributed by atoms with E-state index in [1.54, 1.807) is 19.2 Å². The summed E-state index contributed by atoms with van der Waals surface area (Å²) in [4.78, 5) is 12.0. The van der Waals surface area contributed by atoms with Crippen LogP contribution in [0.25, 0.3) is 0 Å². The lowest BCUT2D eigenvalue weighted by molar-refractivity contribution is -0.135. The first-order chi connectivity index (χ1) is 9.04. The van der Waals surface area contributed by atoms with Gasteiger partial charge >= 0.3 is 5.97 Å². The molecule has 0 heterocycles. The molecule has 0 atom stereocenters. The molecule has 0 bridgehead atoms. The van der Waals surface area contributed by atoms with E-state index in [9.17, 15) is 9.18 Å². The van der Waals surface area contributed by atoms with Gasteiger partial charge in [0, 0.05) is 13.6 Å². The van der Waals surface area contributed by atoms with Gasteiger partial charge in [-0.25, -0.2) is 4.39 Å². The second-order valence-electron chi connectivity index (χ2n) is 4.57. The Morgan fingerprint density at radius 2 is 2.21 bits per heavy atom. The molecule has 0 spiro atoms. The lowest BCUT2D eigenvalue weighted by Gasteiger charge is -2.18. The molecule has 0 fully saturated rings. The number of carboxylic acid groups (broad SMARTS) is 1. The molecule has 0 unspecified atom stereocenters. The van der Waals surface area contributed by atoms with Gasteiger partial charge in [-0.3, -0.25) is 4.79 Å². The van der Waals surface area contributed by atoms with Crippen LogP contribution in [0.3, 0.4) is 0 Å². The largest absolute Gasteiger partial charge is 0.480 e. The predicted molar refractivity (Wildman–Crippen MR) is 73.9 cm³/mol. The maximum Gasteiger partial charge on any atom is 0.323 e. The Morgan fingerprint density at radius 3 is 2.84 bits per heavy atom. The number of carboxylic acids is 1. The van der Waals surface area contributed by atoms with E-state index < -0.39 is 11.8 Å². The third-order valence-electron chi connectivity index (χ3n) is 2.83. The molecule has 0 aliphatic heterocycles. The summed E-state index contributed by atoms with van der Waals surface area (Å²) in [5.74, 6) is -1.38. The first-order valence-corrected chi connectivity index (χ1v) is 6.46. The molecule has 0 aromatic heterocycles. The summed E-state index contributed by atoms with van der Waals surface area (Å²) in [5, 5.41) is 12.0. The average Bonchev–Trinajstić information content (AvgIpc) is 2.35. The fraction of sp³-hybridized carbons (Fsp3) is 0.500. The van der Waals surface area contributed by atoms with Crippen LogP contribution in [-0.2, 0) is 11.3 Å². The summed E-state index contributed by atoms with van der Waals surface area (Å²) in [7, 11) is 1.57. The van der Waals surface area contributed by atoms with Gasteiger partial charge in [-0.15, -0.1) is 0 Å². The highest BCUT2D eigenvalue weighted by Gasteiger charge is 2.11. The van der Waals surface area contributed by atoms with Crippen molar-refractivity contribution in [3.63, 3.8) is 0 Å². The highest BCUT2D eigenvalue weighted by atomic mass is 19.1. The van der Waals surface area contributed by atoms with Gasteiger partial charge in [0.2, 0.25) is 0 Å². The summed E-state index contributed by atoms with van der Waals surface area (Å²) in [6, 6.07) is 4.79. The molecule has 5 heteroatoms. The van der Waals surface area contributed by atoms with Gasteiger partial charge in [-0.05, 0) is 30.7 Å². The highest BCUT2D eigenvalue weighted by molar-refractivity contribution is 5.73. The van der Waals surface area contributed by atoms with Crippen molar-refractivity contribution in [2.24, 2.45) is 0 Å². The molecule has 0 aliphatic carbocycles. The van der Waals surface area contributed by atoms with Crippen LogP contribution in [0.5, 0.6) is 0 Å². The maximum absolute atomic E-state index is 13.7. The number of rotatable bonds is 8. The van der Waals surface area contributed by atoms with Crippen LogP contribution in [-0.4, -0.2) is 31.2 Å². The van der Waals surface area contributed by atoms with Gasteiger partial charge in [-0.1, -0.05) is 19.4 Å². The Balaban J connectivity index is 2.68. The molecule has 4 nitrogen and oxygen atoms in total. The van der Waals surface area contributed by atoms with Crippen molar-refractivity contribution in [1.29, 1.82) is 0 Å². The van der Waals surface area contributed by atoms with Crippen molar-refractivity contribution < 1.29 is 14.3 Å². The average molecular weight is 268 g/mol. The number of nitrogens with zero attached hydrogens (tertiary/aromatic N) is 1. The minimum Gasteiger partial charge on any atom is -0.480 e. The van der Waals surface area contributed by atoms with Crippen molar-refractivity contribution >= 4 is 11.7 Å². The molecule has 19 heavy (non-hydrogen) atoms. The number of benzene rings is 1. The van der Waals surface area contributed by atoms with Crippen LogP contribution in [0.4, 0.5) is 10.1 Å². The quantitative estimate of drug-likeness (QED) is 0.710. The monoisotopic (exact) mass is 268 g/mol. The molecule has 0 amide bonds. The summed E-state index contributed by atoms with van der Waals surface area (Å²) < 4.78 is 13.7. The summed E-state index contributed by atoms with van der Waals surface area (Å²) in [5.41, 5.74) is 1.27. The molecular weight excluding hydrogens is 247 g/mol. The van der Waals surface area contributed by atoms with Crippen molar-refractivity contribution in [2.75, 3.05) is 25.0 Å². The topological polar surface area (TPSA) is 52.6 Å². The standard InChI is InChI=1S/C14H21FN2O2/c1-3-4-7-16-9-11-5-6-12(15)13(8-11)17(2)10-14(18)19/h5-6,8,16H,3-4,7,9-10H2,1-2H3,(H,18,19). The van der Waals surface area contributed by atoms with E-state index in [-0.39, 0.29) is 6.54 Å². The Hall–Kier alpha value is -1.62. The minimum atomic E-state index is -0.978. The third kappa shape index (κ3) is 5.26. The number of likely N-dealkylation sites (N-methyl/N-ethyl adjacent to an activating group) is 1. The van der Waals surface area contributed by atoms with Crippen LogP contribution in [0.2, 0.25) is 0 Å². The summed E-state index contributed by atoms with van der Waals surface area (Å²) in [6.45, 7) is 3.49. The number of unbranched alkanes of at least 4 members (excludes halogenated alkanes) is 1. The molecule has 0 saturated carbocycles. The van der Waals surface area contributed by atoms with E-state index in [1.807, 2.05) is 0 Å². The predicted octanol–water partition coefficient (Wildman–Crippen LogP) is 2.24. The smallest absolute Gasteiger partial charge is 0.323 e. The lowest BCUT2D eigenvalue weighted by Crippen LogP contribution is -2.26. The van der Waals surface area contributed by atoms with Gasteiger partial charge in [0.1, 0.15) is 12.4 Å². The van der Waals surface area contributed by atoms with Gasteiger partial charge in [0.15, 0.2) is 0 Å². The number of hydrogen-bond acceptors (Lipinski definition) is 3. The van der Waals surface area contributed by atoms with E-state index in [4.69, 9.17) is 5.11 Å². The van der Waals surface area contributed by atoms with Crippen molar-refractivity contribution in [1.82, 2.24) is 5.32 Å². The second-order valence-corrected chi connectivity index (χ2v) is 4.57. The molecular formula is C14H21FN2O2. The lowest BCUT2D eigenvalue weighted by atomic mass is 10.1. The number of hydrogen-bond donors (Lipinski definition) is 2. The Morgan fingerprint density at radius 1 is 1.47 bits per heavy atom.